The summed E-state index contributed by atoms with van der Waals surface area (Å²) in [6.45, 7) is 1.67. The Morgan fingerprint density at radius 2 is 2.00 bits per heavy atom. The van der Waals surface area contributed by atoms with Crippen LogP contribution >= 0.6 is 0 Å². The molecule has 1 aromatic rings. The molecule has 0 bridgehead atoms. The fraction of sp³-hybridized carbons (Fsp3) is 0.333. The molecule has 0 saturated heterocycles. The molecule has 1 N–H and O–H groups in total. The maximum Gasteiger partial charge on any atom is 0.0761 e. The maximum atomic E-state index is 10.3. The number of aliphatic hydroxyl groups excluding tert-OH is 1. The molecular formula is C9H11O3S-. The second kappa shape index (κ2) is 4.50. The Hall–Kier alpha value is -0.710. The van der Waals surface area contributed by atoms with E-state index in [1.807, 2.05) is 0 Å². The molecule has 0 fully saturated rings. The van der Waals surface area contributed by atoms with E-state index in [9.17, 15) is 13.9 Å². The molecule has 4 heteroatoms. The molecule has 3 nitrogen and oxygen atoms in total. The largest absolute Gasteiger partial charge is 0.772 e. The van der Waals surface area contributed by atoms with Gasteiger partial charge in [0.05, 0.1) is 6.10 Å². The maximum absolute atomic E-state index is 10.3. The minimum atomic E-state index is -2.05. The summed E-state index contributed by atoms with van der Waals surface area (Å²) in [4.78, 5) is 0. The van der Waals surface area contributed by atoms with Crippen LogP contribution in [0.3, 0.4) is 0 Å². The molecule has 0 aliphatic heterocycles. The third kappa shape index (κ3) is 3.26. The van der Waals surface area contributed by atoms with Crippen LogP contribution in [0.15, 0.2) is 24.3 Å². The molecule has 0 saturated carbocycles. The van der Waals surface area contributed by atoms with Gasteiger partial charge in [-0.25, -0.2) is 0 Å². The van der Waals surface area contributed by atoms with Crippen molar-refractivity contribution in [1.29, 1.82) is 0 Å². The van der Waals surface area contributed by atoms with Crippen molar-refractivity contribution in [2.45, 2.75) is 18.8 Å². The summed E-state index contributed by atoms with van der Waals surface area (Å²) < 4.78 is 20.7. The zero-order valence-electron chi connectivity index (χ0n) is 7.27. The third-order valence-electron chi connectivity index (χ3n) is 1.75. The summed E-state index contributed by atoms with van der Waals surface area (Å²) in [5.74, 6) is 0.0279. The van der Waals surface area contributed by atoms with E-state index >= 15 is 0 Å². The predicted molar refractivity (Wildman–Crippen MR) is 49.7 cm³/mol. The summed E-state index contributed by atoms with van der Waals surface area (Å²) in [6, 6.07) is 6.87. The van der Waals surface area contributed by atoms with E-state index in [1.165, 1.54) is 0 Å². The second-order valence-electron chi connectivity index (χ2n) is 2.87. The van der Waals surface area contributed by atoms with Crippen molar-refractivity contribution in [3.8, 4) is 0 Å². The van der Waals surface area contributed by atoms with E-state index in [-0.39, 0.29) is 5.75 Å². The molecule has 0 aliphatic rings. The fourth-order valence-electron chi connectivity index (χ4n) is 1.03. The highest BCUT2D eigenvalue weighted by Crippen LogP contribution is 2.13. The van der Waals surface area contributed by atoms with Crippen molar-refractivity contribution in [2.75, 3.05) is 0 Å². The molecule has 0 radical (unpaired) electrons. The molecule has 13 heavy (non-hydrogen) atoms. The quantitative estimate of drug-likeness (QED) is 0.742. The summed E-state index contributed by atoms with van der Waals surface area (Å²) in [6.07, 6.45) is -0.508. The van der Waals surface area contributed by atoms with Crippen molar-refractivity contribution >= 4 is 11.1 Å². The average molecular weight is 199 g/mol. The molecule has 1 aromatic carbocycles. The highest BCUT2D eigenvalue weighted by Gasteiger charge is 1.99. The lowest BCUT2D eigenvalue weighted by molar-refractivity contribution is 0.199. The topological polar surface area (TPSA) is 60.4 Å². The van der Waals surface area contributed by atoms with Crippen molar-refractivity contribution < 1.29 is 13.9 Å². The molecule has 1 rings (SSSR count). The minimum Gasteiger partial charge on any atom is -0.772 e. The van der Waals surface area contributed by atoms with E-state index < -0.39 is 17.2 Å². The highest BCUT2D eigenvalue weighted by atomic mass is 32.2. The normalized spacial score (nSPS) is 15.3. The monoisotopic (exact) mass is 199 g/mol. The van der Waals surface area contributed by atoms with Crippen molar-refractivity contribution in [1.82, 2.24) is 0 Å². The molecule has 72 valence electrons. The van der Waals surface area contributed by atoms with Crippen LogP contribution in [0.25, 0.3) is 0 Å². The summed E-state index contributed by atoms with van der Waals surface area (Å²) in [7, 11) is 0. The van der Waals surface area contributed by atoms with Gasteiger partial charge < -0.3 is 9.66 Å². The van der Waals surface area contributed by atoms with Crippen LogP contribution in [0, 0.1) is 0 Å². The fourth-order valence-corrected chi connectivity index (χ4v) is 1.49. The van der Waals surface area contributed by atoms with Gasteiger partial charge in [-0.3, -0.25) is 4.21 Å². The lowest BCUT2D eigenvalue weighted by Gasteiger charge is -2.07. The number of benzene rings is 1. The first-order valence-electron chi connectivity index (χ1n) is 3.92. The highest BCUT2D eigenvalue weighted by molar-refractivity contribution is 7.78. The van der Waals surface area contributed by atoms with Crippen LogP contribution in [0.4, 0.5) is 0 Å². The summed E-state index contributed by atoms with van der Waals surface area (Å²) >= 11 is -2.05. The SMILES string of the molecule is CC(O)c1ccc(CS(=O)[O-])cc1. The van der Waals surface area contributed by atoms with Crippen molar-refractivity contribution in [2.24, 2.45) is 0 Å². The minimum absolute atomic E-state index is 0.0279. The predicted octanol–water partition coefficient (Wildman–Crippen LogP) is 1.12. The number of hydrogen-bond donors (Lipinski definition) is 1. The number of rotatable bonds is 3. The van der Waals surface area contributed by atoms with Gasteiger partial charge in [-0.1, -0.05) is 35.3 Å². The van der Waals surface area contributed by atoms with Gasteiger partial charge >= 0.3 is 0 Å². The van der Waals surface area contributed by atoms with Gasteiger partial charge in [0.1, 0.15) is 0 Å². The van der Waals surface area contributed by atoms with Gasteiger partial charge in [-0.15, -0.1) is 0 Å². The van der Waals surface area contributed by atoms with Crippen LogP contribution < -0.4 is 0 Å². The zero-order chi connectivity index (χ0) is 9.84. The Labute approximate surface area is 79.7 Å². The molecule has 0 amide bonds. The molecule has 0 spiro atoms. The Morgan fingerprint density at radius 1 is 1.46 bits per heavy atom. The first-order valence-corrected chi connectivity index (χ1v) is 5.17. The Morgan fingerprint density at radius 3 is 2.38 bits per heavy atom. The van der Waals surface area contributed by atoms with E-state index in [0.717, 1.165) is 11.1 Å². The Kier molecular flexibility index (Phi) is 3.59. The second-order valence-corrected chi connectivity index (χ2v) is 3.76. The zero-order valence-corrected chi connectivity index (χ0v) is 8.08. The van der Waals surface area contributed by atoms with Crippen molar-refractivity contribution in [3.05, 3.63) is 35.4 Å². The van der Waals surface area contributed by atoms with Crippen LogP contribution in [0.1, 0.15) is 24.2 Å². The summed E-state index contributed by atoms with van der Waals surface area (Å²) in [5, 5.41) is 9.17. The standard InChI is InChI=1S/C9H12O3S/c1-7(10)9-4-2-8(3-5-9)6-13(11)12/h2-5,7,10H,6H2,1H3,(H,11,12)/p-1. The molecular weight excluding hydrogens is 188 g/mol. The number of hydrogen-bond acceptors (Lipinski definition) is 3. The van der Waals surface area contributed by atoms with Crippen LogP contribution in [0.5, 0.6) is 0 Å². The molecule has 0 aromatic heterocycles. The van der Waals surface area contributed by atoms with Gasteiger partial charge in [0, 0.05) is 5.75 Å². The van der Waals surface area contributed by atoms with E-state index in [0.29, 0.717) is 0 Å². The van der Waals surface area contributed by atoms with Gasteiger partial charge in [0.2, 0.25) is 0 Å². The van der Waals surface area contributed by atoms with Gasteiger partial charge in [0.25, 0.3) is 0 Å². The number of aliphatic hydroxyl groups is 1. The first-order chi connectivity index (χ1) is 6.09. The summed E-state index contributed by atoms with van der Waals surface area (Å²) in [5.41, 5.74) is 1.53. The van der Waals surface area contributed by atoms with Gasteiger partial charge in [-0.05, 0) is 18.1 Å². The van der Waals surface area contributed by atoms with E-state index in [4.69, 9.17) is 0 Å². The molecule has 2 atom stereocenters. The molecule has 2 unspecified atom stereocenters. The lowest BCUT2D eigenvalue weighted by atomic mass is 10.1. The smallest absolute Gasteiger partial charge is 0.0761 e. The molecule has 0 heterocycles. The average Bonchev–Trinajstić information content (AvgIpc) is 2.04. The lowest BCUT2D eigenvalue weighted by Crippen LogP contribution is -1.95. The first kappa shape index (κ1) is 10.4. The van der Waals surface area contributed by atoms with Gasteiger partial charge in [0.15, 0.2) is 0 Å². The van der Waals surface area contributed by atoms with Crippen LogP contribution in [-0.4, -0.2) is 13.9 Å². The third-order valence-corrected chi connectivity index (χ3v) is 2.32. The molecule has 0 aliphatic carbocycles. The van der Waals surface area contributed by atoms with Crippen LogP contribution in [-0.2, 0) is 16.8 Å². The van der Waals surface area contributed by atoms with E-state index in [1.54, 1.807) is 31.2 Å². The Balaban J connectivity index is 2.75. The van der Waals surface area contributed by atoms with Crippen LogP contribution in [0.2, 0.25) is 0 Å². The Bertz CT molecular complexity index is 292. The van der Waals surface area contributed by atoms with E-state index in [2.05, 4.69) is 0 Å². The van der Waals surface area contributed by atoms with Gasteiger partial charge in [-0.2, -0.15) is 0 Å². The van der Waals surface area contributed by atoms with Crippen molar-refractivity contribution in [3.63, 3.8) is 0 Å².